The number of rotatable bonds is 5. The first-order chi connectivity index (χ1) is 5.87. The fraction of sp³-hybridized carbons (Fsp3) is 0.909. The minimum absolute atomic E-state index is 0. The Bertz CT molecular complexity index is 161. The summed E-state index contributed by atoms with van der Waals surface area (Å²) >= 11 is 0. The Morgan fingerprint density at radius 2 is 1.79 bits per heavy atom. The smallest absolute Gasteiger partial charge is 0.550 e. The van der Waals surface area contributed by atoms with Gasteiger partial charge in [-0.2, -0.15) is 0 Å². The maximum Gasteiger partial charge on any atom is 1.00 e. The molecule has 0 aromatic rings. The zero-order valence-corrected chi connectivity index (χ0v) is 12.2. The topological polar surface area (TPSA) is 40.1 Å². The summed E-state index contributed by atoms with van der Waals surface area (Å²) in [6.07, 6.45) is 3.37. The van der Waals surface area contributed by atoms with Gasteiger partial charge in [-0.3, -0.25) is 0 Å². The summed E-state index contributed by atoms with van der Waals surface area (Å²) in [5.74, 6) is -1.13. The third-order valence-electron chi connectivity index (χ3n) is 2.21. The molecule has 0 N–H and O–H groups in total. The van der Waals surface area contributed by atoms with E-state index in [0.717, 1.165) is 25.7 Å². The molecule has 0 saturated carbocycles. The Labute approximate surface area is 110 Å². The molecule has 0 heterocycles. The van der Waals surface area contributed by atoms with Crippen LogP contribution in [0.15, 0.2) is 0 Å². The van der Waals surface area contributed by atoms with Crippen LogP contribution in [0.3, 0.4) is 0 Å². The zero-order valence-electron chi connectivity index (χ0n) is 10.2. The van der Waals surface area contributed by atoms with Crippen LogP contribution < -0.4 is 34.7 Å². The fourth-order valence-electron chi connectivity index (χ4n) is 1.34. The number of aliphatic carboxylic acids is 1. The summed E-state index contributed by atoms with van der Waals surface area (Å²) < 4.78 is 0. The van der Waals surface area contributed by atoms with Gasteiger partial charge < -0.3 is 9.90 Å². The number of hydrogen-bond acceptors (Lipinski definition) is 2. The van der Waals surface area contributed by atoms with Crippen LogP contribution >= 0.6 is 0 Å². The van der Waals surface area contributed by atoms with Gasteiger partial charge >= 0.3 is 29.6 Å². The van der Waals surface area contributed by atoms with Crippen LogP contribution in [0.5, 0.6) is 0 Å². The molecule has 2 nitrogen and oxygen atoms in total. The molecule has 0 amide bonds. The van der Waals surface area contributed by atoms with E-state index in [-0.39, 0.29) is 40.9 Å². The fourth-order valence-corrected chi connectivity index (χ4v) is 1.34. The van der Waals surface area contributed by atoms with E-state index < -0.39 is 5.97 Å². The normalized spacial score (nSPS) is 13.1. The SMILES string of the molecule is CCCC(CCC(C)(C)C)C(=O)[O-].[Na+]. The van der Waals surface area contributed by atoms with Gasteiger partial charge in [0.2, 0.25) is 0 Å². The molecule has 0 saturated heterocycles. The molecule has 3 heteroatoms. The van der Waals surface area contributed by atoms with Crippen LogP contribution in [0.25, 0.3) is 0 Å². The van der Waals surface area contributed by atoms with Crippen molar-refractivity contribution < 1.29 is 39.5 Å². The molecule has 0 rings (SSSR count). The van der Waals surface area contributed by atoms with Crippen molar-refractivity contribution >= 4 is 5.97 Å². The number of hydrogen-bond donors (Lipinski definition) is 0. The van der Waals surface area contributed by atoms with Crippen LogP contribution in [-0.2, 0) is 4.79 Å². The van der Waals surface area contributed by atoms with E-state index in [4.69, 9.17) is 0 Å². The van der Waals surface area contributed by atoms with Crippen molar-refractivity contribution in [3.05, 3.63) is 0 Å². The van der Waals surface area contributed by atoms with Crippen molar-refractivity contribution in [3.8, 4) is 0 Å². The molecule has 0 aromatic carbocycles. The second-order valence-corrected chi connectivity index (χ2v) is 4.90. The van der Waals surface area contributed by atoms with E-state index in [1.54, 1.807) is 0 Å². The van der Waals surface area contributed by atoms with Gasteiger partial charge in [0.1, 0.15) is 0 Å². The van der Waals surface area contributed by atoms with Crippen LogP contribution in [0.4, 0.5) is 0 Å². The molecule has 14 heavy (non-hydrogen) atoms. The van der Waals surface area contributed by atoms with Crippen molar-refractivity contribution in [2.45, 2.75) is 53.4 Å². The van der Waals surface area contributed by atoms with E-state index >= 15 is 0 Å². The molecule has 0 radical (unpaired) electrons. The zero-order chi connectivity index (χ0) is 10.5. The Morgan fingerprint density at radius 1 is 1.29 bits per heavy atom. The van der Waals surface area contributed by atoms with Gasteiger partial charge in [0.25, 0.3) is 0 Å². The first-order valence-corrected chi connectivity index (χ1v) is 5.07. The second kappa shape index (κ2) is 7.72. The van der Waals surface area contributed by atoms with E-state index in [1.807, 2.05) is 6.92 Å². The minimum Gasteiger partial charge on any atom is -0.550 e. The summed E-state index contributed by atoms with van der Waals surface area (Å²) in [5, 5.41) is 10.7. The first-order valence-electron chi connectivity index (χ1n) is 5.07. The molecule has 0 aliphatic carbocycles. The Kier molecular flexibility index (Phi) is 9.31. The average Bonchev–Trinajstić information content (AvgIpc) is 1.95. The molecular weight excluding hydrogens is 187 g/mol. The van der Waals surface area contributed by atoms with E-state index in [0.29, 0.717) is 0 Å². The van der Waals surface area contributed by atoms with Crippen molar-refractivity contribution in [2.24, 2.45) is 11.3 Å². The average molecular weight is 208 g/mol. The summed E-state index contributed by atoms with van der Waals surface area (Å²) in [6, 6.07) is 0. The molecule has 0 aromatic heterocycles. The van der Waals surface area contributed by atoms with Crippen molar-refractivity contribution in [2.75, 3.05) is 0 Å². The van der Waals surface area contributed by atoms with E-state index in [2.05, 4.69) is 20.8 Å². The molecule has 0 bridgehead atoms. The van der Waals surface area contributed by atoms with Gasteiger partial charge in [0.05, 0.1) is 0 Å². The second-order valence-electron chi connectivity index (χ2n) is 4.90. The maximum atomic E-state index is 10.7. The molecule has 78 valence electrons. The van der Waals surface area contributed by atoms with Gasteiger partial charge in [-0.25, -0.2) is 0 Å². The third kappa shape index (κ3) is 9.04. The Hall–Kier alpha value is 0.470. The Morgan fingerprint density at radius 3 is 2.07 bits per heavy atom. The van der Waals surface area contributed by atoms with Crippen LogP contribution in [-0.4, -0.2) is 5.97 Å². The van der Waals surface area contributed by atoms with Gasteiger partial charge in [0, 0.05) is 5.97 Å². The standard InChI is InChI=1S/C11H22O2.Na/c1-5-6-9(10(12)13)7-8-11(2,3)4;/h9H,5-8H2,1-4H3,(H,12,13);/q;+1/p-1. The van der Waals surface area contributed by atoms with Crippen LogP contribution in [0.2, 0.25) is 0 Å². The summed E-state index contributed by atoms with van der Waals surface area (Å²) in [5.41, 5.74) is 0.224. The predicted octanol–water partition coefficient (Wildman–Crippen LogP) is -1.02. The molecule has 0 aliphatic rings. The van der Waals surface area contributed by atoms with E-state index in [9.17, 15) is 9.90 Å². The molecule has 1 atom stereocenters. The van der Waals surface area contributed by atoms with Crippen LogP contribution in [0.1, 0.15) is 53.4 Å². The molecular formula is C11H21NaO2. The molecule has 0 aliphatic heterocycles. The summed E-state index contributed by atoms with van der Waals surface area (Å²) in [4.78, 5) is 10.7. The van der Waals surface area contributed by atoms with Gasteiger partial charge in [0.15, 0.2) is 0 Å². The Balaban J connectivity index is 0. The maximum absolute atomic E-state index is 10.7. The largest absolute Gasteiger partial charge is 1.00 e. The molecule has 0 spiro atoms. The number of carbonyl (C=O) groups is 1. The minimum atomic E-state index is -0.883. The van der Waals surface area contributed by atoms with Crippen molar-refractivity contribution in [1.82, 2.24) is 0 Å². The third-order valence-corrected chi connectivity index (χ3v) is 2.21. The molecule has 1 unspecified atom stereocenters. The van der Waals surface area contributed by atoms with Crippen LogP contribution in [0, 0.1) is 11.3 Å². The summed E-state index contributed by atoms with van der Waals surface area (Å²) in [6.45, 7) is 8.40. The number of carboxylic acid groups (broad SMARTS) is 1. The number of carboxylic acids is 1. The summed E-state index contributed by atoms with van der Waals surface area (Å²) in [7, 11) is 0. The monoisotopic (exact) mass is 208 g/mol. The van der Waals surface area contributed by atoms with Crippen molar-refractivity contribution in [3.63, 3.8) is 0 Å². The quantitative estimate of drug-likeness (QED) is 0.543. The van der Waals surface area contributed by atoms with Gasteiger partial charge in [-0.15, -0.1) is 0 Å². The molecule has 0 fully saturated rings. The van der Waals surface area contributed by atoms with E-state index in [1.165, 1.54) is 0 Å². The number of carbonyl (C=O) groups excluding carboxylic acids is 1. The predicted molar refractivity (Wildman–Crippen MR) is 52.1 cm³/mol. The van der Waals surface area contributed by atoms with Crippen molar-refractivity contribution in [1.29, 1.82) is 0 Å². The first kappa shape index (κ1) is 16.9. The van der Waals surface area contributed by atoms with Gasteiger partial charge in [-0.1, -0.05) is 34.1 Å². The van der Waals surface area contributed by atoms with Gasteiger partial charge in [-0.05, 0) is 30.6 Å².